The Morgan fingerprint density at radius 1 is 1.33 bits per heavy atom. The number of hydrogen-bond acceptors (Lipinski definition) is 4. The van der Waals surface area contributed by atoms with Crippen molar-refractivity contribution in [3.63, 3.8) is 0 Å². The minimum atomic E-state index is 0. The van der Waals surface area contributed by atoms with Crippen LogP contribution in [0, 0.1) is 0 Å². The molecule has 2 rings (SSSR count). The summed E-state index contributed by atoms with van der Waals surface area (Å²) in [5, 5.41) is 10.0. The highest BCUT2D eigenvalue weighted by molar-refractivity contribution is 14.0. The van der Waals surface area contributed by atoms with E-state index in [4.69, 9.17) is 4.74 Å². The summed E-state index contributed by atoms with van der Waals surface area (Å²) in [6.07, 6.45) is 1.52. The Morgan fingerprint density at radius 3 is 2.70 bits per heavy atom. The van der Waals surface area contributed by atoms with Crippen LogP contribution in [0.4, 0.5) is 5.69 Å². The summed E-state index contributed by atoms with van der Waals surface area (Å²) in [5.74, 6) is 0.986. The third kappa shape index (κ3) is 7.92. The summed E-state index contributed by atoms with van der Waals surface area (Å²) in [4.78, 5) is 18.0. The topological polar surface area (TPSA) is 78.0 Å². The van der Waals surface area contributed by atoms with E-state index in [9.17, 15) is 4.79 Å². The molecule has 1 aromatic rings. The number of likely N-dealkylation sites (tertiary alicyclic amines) is 1. The number of benzene rings is 1. The Balaban J connectivity index is 0.00000364. The van der Waals surface area contributed by atoms with Crippen LogP contribution < -0.4 is 16.0 Å². The van der Waals surface area contributed by atoms with Gasteiger partial charge in [-0.2, -0.15) is 0 Å². The number of carbonyl (C=O) groups excluding carboxylic acids is 1. The third-order valence-electron chi connectivity index (χ3n) is 4.46. The molecule has 1 fully saturated rings. The van der Waals surface area contributed by atoms with Gasteiger partial charge in [-0.15, -0.1) is 24.0 Å². The normalized spacial score (nSPS) is 16.6. The van der Waals surface area contributed by atoms with E-state index in [-0.39, 0.29) is 35.9 Å². The van der Waals surface area contributed by atoms with E-state index < -0.39 is 0 Å². The average Bonchev–Trinajstić information content (AvgIpc) is 3.14. The Bertz CT molecular complexity index is 594. The Kier molecular flexibility index (Phi) is 11.1. The predicted octanol–water partition coefficient (Wildman–Crippen LogP) is 2.04. The number of methoxy groups -OCH3 is 1. The Hall–Kier alpha value is -1.55. The zero-order valence-corrected chi connectivity index (χ0v) is 18.8. The first-order valence-electron chi connectivity index (χ1n) is 9.23. The number of hydrogen-bond donors (Lipinski definition) is 3. The summed E-state index contributed by atoms with van der Waals surface area (Å²) >= 11 is 0. The fourth-order valence-corrected chi connectivity index (χ4v) is 2.94. The highest BCUT2D eigenvalue weighted by atomic mass is 127. The predicted molar refractivity (Wildman–Crippen MR) is 121 cm³/mol. The molecule has 1 aromatic carbocycles. The molecule has 8 heteroatoms. The number of halogens is 1. The molecule has 0 aromatic heterocycles. The average molecular weight is 489 g/mol. The van der Waals surface area contributed by atoms with Gasteiger partial charge in [0.25, 0.3) is 0 Å². The monoisotopic (exact) mass is 489 g/mol. The van der Waals surface area contributed by atoms with E-state index in [1.54, 1.807) is 14.2 Å². The molecule has 27 heavy (non-hydrogen) atoms. The SMILES string of the molecule is CCC(=O)N1CCC(NC(=NC)NCc2ccc(NCCOC)cc2)C1.I. The third-order valence-corrected chi connectivity index (χ3v) is 4.46. The zero-order chi connectivity index (χ0) is 18.8. The van der Waals surface area contributed by atoms with Crippen LogP contribution in [0.1, 0.15) is 25.3 Å². The summed E-state index contributed by atoms with van der Waals surface area (Å²) in [6, 6.07) is 8.56. The van der Waals surface area contributed by atoms with Gasteiger partial charge in [-0.25, -0.2) is 0 Å². The molecule has 1 aliphatic heterocycles. The summed E-state index contributed by atoms with van der Waals surface area (Å²) in [7, 11) is 3.46. The van der Waals surface area contributed by atoms with Gasteiger partial charge in [-0.05, 0) is 24.1 Å². The summed E-state index contributed by atoms with van der Waals surface area (Å²) in [5.41, 5.74) is 2.26. The van der Waals surface area contributed by atoms with E-state index in [1.807, 2.05) is 11.8 Å². The van der Waals surface area contributed by atoms with Gasteiger partial charge in [0.05, 0.1) is 6.61 Å². The van der Waals surface area contributed by atoms with Gasteiger partial charge >= 0.3 is 0 Å². The van der Waals surface area contributed by atoms with Crippen LogP contribution in [0.3, 0.4) is 0 Å². The van der Waals surface area contributed by atoms with Gasteiger partial charge in [0, 0.05) is 58.5 Å². The number of nitrogens with one attached hydrogen (secondary N) is 3. The molecule has 1 unspecified atom stereocenters. The van der Waals surface area contributed by atoms with Crippen molar-refractivity contribution in [2.75, 3.05) is 45.7 Å². The number of amides is 1. The maximum atomic E-state index is 11.8. The molecule has 1 saturated heterocycles. The number of rotatable bonds is 8. The molecule has 1 aliphatic rings. The van der Waals surface area contributed by atoms with Crippen LogP contribution in [0.25, 0.3) is 0 Å². The Labute approximate surface area is 179 Å². The zero-order valence-electron chi connectivity index (χ0n) is 16.5. The number of nitrogens with zero attached hydrogens (tertiary/aromatic N) is 2. The largest absolute Gasteiger partial charge is 0.383 e. The first-order chi connectivity index (χ1) is 12.7. The van der Waals surface area contributed by atoms with Crippen LogP contribution in [-0.4, -0.2) is 63.2 Å². The van der Waals surface area contributed by atoms with Crippen molar-refractivity contribution in [3.05, 3.63) is 29.8 Å². The number of anilines is 1. The van der Waals surface area contributed by atoms with Crippen molar-refractivity contribution >= 4 is 41.5 Å². The fourth-order valence-electron chi connectivity index (χ4n) is 2.94. The lowest BCUT2D eigenvalue weighted by Gasteiger charge is -2.19. The van der Waals surface area contributed by atoms with Crippen LogP contribution in [0.5, 0.6) is 0 Å². The second kappa shape index (κ2) is 12.8. The maximum absolute atomic E-state index is 11.8. The lowest BCUT2D eigenvalue weighted by molar-refractivity contribution is -0.129. The van der Waals surface area contributed by atoms with Gasteiger partial charge in [0.1, 0.15) is 0 Å². The van der Waals surface area contributed by atoms with Crippen molar-refractivity contribution in [3.8, 4) is 0 Å². The molecule has 1 atom stereocenters. The quantitative estimate of drug-likeness (QED) is 0.226. The lowest BCUT2D eigenvalue weighted by atomic mass is 10.2. The van der Waals surface area contributed by atoms with Crippen molar-refractivity contribution < 1.29 is 9.53 Å². The molecule has 0 aliphatic carbocycles. The van der Waals surface area contributed by atoms with Gasteiger partial charge in [0.15, 0.2) is 5.96 Å². The van der Waals surface area contributed by atoms with Gasteiger partial charge < -0.3 is 25.6 Å². The molecule has 1 amide bonds. The van der Waals surface area contributed by atoms with Crippen LogP contribution in [0.15, 0.2) is 29.3 Å². The highest BCUT2D eigenvalue weighted by Gasteiger charge is 2.25. The number of guanidine groups is 1. The minimum absolute atomic E-state index is 0. The molecule has 152 valence electrons. The summed E-state index contributed by atoms with van der Waals surface area (Å²) < 4.78 is 5.03. The maximum Gasteiger partial charge on any atom is 0.222 e. The van der Waals surface area contributed by atoms with Crippen LogP contribution in [0.2, 0.25) is 0 Å². The van der Waals surface area contributed by atoms with Gasteiger partial charge in [-0.1, -0.05) is 19.1 Å². The van der Waals surface area contributed by atoms with E-state index in [1.165, 1.54) is 5.56 Å². The second-order valence-electron chi connectivity index (χ2n) is 6.37. The van der Waals surface area contributed by atoms with Crippen LogP contribution >= 0.6 is 24.0 Å². The highest BCUT2D eigenvalue weighted by Crippen LogP contribution is 2.11. The smallest absolute Gasteiger partial charge is 0.222 e. The van der Waals surface area contributed by atoms with Crippen molar-refractivity contribution in [1.29, 1.82) is 0 Å². The molecular weight excluding hydrogens is 457 g/mol. The van der Waals surface area contributed by atoms with E-state index in [0.29, 0.717) is 19.6 Å². The van der Waals surface area contributed by atoms with E-state index in [2.05, 4.69) is 45.2 Å². The number of ether oxygens (including phenoxy) is 1. The molecule has 0 saturated carbocycles. The fraction of sp³-hybridized carbons (Fsp3) is 0.579. The number of aliphatic imine (C=N–C) groups is 1. The molecular formula is C19H32IN5O2. The summed E-state index contributed by atoms with van der Waals surface area (Å²) in [6.45, 7) is 5.65. The second-order valence-corrected chi connectivity index (χ2v) is 6.37. The molecule has 0 bridgehead atoms. The molecule has 7 nitrogen and oxygen atoms in total. The first kappa shape index (κ1) is 23.5. The Morgan fingerprint density at radius 2 is 2.07 bits per heavy atom. The molecule has 3 N–H and O–H groups in total. The van der Waals surface area contributed by atoms with Crippen LogP contribution in [-0.2, 0) is 16.1 Å². The lowest BCUT2D eigenvalue weighted by Crippen LogP contribution is -2.44. The molecule has 0 radical (unpaired) electrons. The van der Waals surface area contributed by atoms with Crippen molar-refractivity contribution in [2.45, 2.75) is 32.4 Å². The van der Waals surface area contributed by atoms with Crippen molar-refractivity contribution in [2.24, 2.45) is 4.99 Å². The molecule has 0 spiro atoms. The number of carbonyl (C=O) groups is 1. The first-order valence-corrected chi connectivity index (χ1v) is 9.23. The van der Waals surface area contributed by atoms with E-state index >= 15 is 0 Å². The van der Waals surface area contributed by atoms with E-state index in [0.717, 1.165) is 37.7 Å². The minimum Gasteiger partial charge on any atom is -0.383 e. The van der Waals surface area contributed by atoms with Crippen molar-refractivity contribution in [1.82, 2.24) is 15.5 Å². The standard InChI is InChI=1S/C19H31N5O2.HI/c1-4-18(25)24-11-9-17(14-24)23-19(20-2)22-13-15-5-7-16(8-6-15)21-10-12-26-3;/h5-8,17,21H,4,9-14H2,1-3H3,(H2,20,22,23);1H. The van der Waals surface area contributed by atoms with Gasteiger partial charge in [0.2, 0.25) is 5.91 Å². The molecule has 1 heterocycles. The van der Waals surface area contributed by atoms with Gasteiger partial charge in [-0.3, -0.25) is 9.79 Å².